The summed E-state index contributed by atoms with van der Waals surface area (Å²) in [5, 5.41) is 10.8. The fourth-order valence-corrected chi connectivity index (χ4v) is 3.62. The number of fused-ring (bicyclic) bond motifs is 1. The van der Waals surface area contributed by atoms with E-state index in [-0.39, 0.29) is 5.69 Å². The van der Waals surface area contributed by atoms with E-state index >= 15 is 0 Å². The second-order valence-electron chi connectivity index (χ2n) is 7.17. The van der Waals surface area contributed by atoms with Crippen LogP contribution in [-0.4, -0.2) is 26.3 Å². The molecule has 8 nitrogen and oxygen atoms in total. The quantitative estimate of drug-likeness (QED) is 0.359. The summed E-state index contributed by atoms with van der Waals surface area (Å²) in [5.41, 5.74) is 3.04. The van der Waals surface area contributed by atoms with Gasteiger partial charge in [0.15, 0.2) is 11.6 Å². The Kier molecular flexibility index (Phi) is 4.61. The van der Waals surface area contributed by atoms with Crippen molar-refractivity contribution in [3.8, 4) is 22.9 Å². The zero-order chi connectivity index (χ0) is 20.5. The van der Waals surface area contributed by atoms with Crippen molar-refractivity contribution in [1.29, 1.82) is 0 Å². The lowest BCUT2D eigenvalue weighted by molar-refractivity contribution is -0.384. The molecule has 0 spiro atoms. The smallest absolute Gasteiger partial charge is 0.269 e. The van der Waals surface area contributed by atoms with Crippen LogP contribution in [0, 0.1) is 10.1 Å². The molecule has 4 aromatic rings. The molecule has 3 aromatic heterocycles. The SMILES string of the molecule is O=[N+]([O-])c1ccc(-c2ccc(CN3CCc4nc(-c5ccco5)ncc4C3)o2)cc1. The van der Waals surface area contributed by atoms with E-state index < -0.39 is 4.92 Å². The van der Waals surface area contributed by atoms with Gasteiger partial charge in [-0.3, -0.25) is 15.0 Å². The topological polar surface area (TPSA) is 98.4 Å². The standard InChI is InChI=1S/C22H18N4O4/c27-26(28)17-5-3-15(4-6-17)20-8-7-18(30-20)14-25-10-9-19-16(13-25)12-23-22(24-19)21-2-1-11-29-21/h1-8,11-12H,9-10,13-14H2. The van der Waals surface area contributed by atoms with Gasteiger partial charge in [-0.2, -0.15) is 0 Å². The van der Waals surface area contributed by atoms with Crippen LogP contribution in [0.4, 0.5) is 5.69 Å². The van der Waals surface area contributed by atoms with Crippen LogP contribution in [-0.2, 0) is 19.5 Å². The fourth-order valence-electron chi connectivity index (χ4n) is 3.62. The van der Waals surface area contributed by atoms with Crippen LogP contribution >= 0.6 is 0 Å². The van der Waals surface area contributed by atoms with Crippen molar-refractivity contribution < 1.29 is 13.8 Å². The van der Waals surface area contributed by atoms with Crippen molar-refractivity contribution in [3.05, 3.63) is 88.1 Å². The summed E-state index contributed by atoms with van der Waals surface area (Å²) in [6, 6.07) is 13.9. The molecule has 1 aromatic carbocycles. The molecule has 0 fully saturated rings. The number of nitro benzene ring substituents is 1. The number of rotatable bonds is 5. The Morgan fingerprint density at radius 2 is 1.97 bits per heavy atom. The third-order valence-corrected chi connectivity index (χ3v) is 5.16. The predicted octanol–water partition coefficient (Wildman–Crippen LogP) is 4.46. The zero-order valence-corrected chi connectivity index (χ0v) is 16.0. The van der Waals surface area contributed by atoms with Crippen LogP contribution in [0.15, 0.2) is 69.8 Å². The molecule has 0 N–H and O–H groups in total. The van der Waals surface area contributed by atoms with Gasteiger partial charge in [-0.05, 0) is 36.4 Å². The normalized spacial score (nSPS) is 13.9. The maximum Gasteiger partial charge on any atom is 0.269 e. The molecular formula is C22H18N4O4. The monoisotopic (exact) mass is 402 g/mol. The van der Waals surface area contributed by atoms with Crippen molar-refractivity contribution in [2.75, 3.05) is 6.54 Å². The summed E-state index contributed by atoms with van der Waals surface area (Å²) in [7, 11) is 0. The maximum absolute atomic E-state index is 10.8. The molecule has 0 unspecified atom stereocenters. The van der Waals surface area contributed by atoms with E-state index in [1.54, 1.807) is 18.4 Å². The van der Waals surface area contributed by atoms with Crippen LogP contribution in [0.2, 0.25) is 0 Å². The van der Waals surface area contributed by atoms with Crippen molar-refractivity contribution in [2.24, 2.45) is 0 Å². The molecule has 1 aliphatic rings. The molecule has 30 heavy (non-hydrogen) atoms. The lowest BCUT2D eigenvalue weighted by Gasteiger charge is -2.27. The molecule has 150 valence electrons. The van der Waals surface area contributed by atoms with Gasteiger partial charge in [-0.15, -0.1) is 0 Å². The van der Waals surface area contributed by atoms with Crippen LogP contribution in [0.3, 0.4) is 0 Å². The van der Waals surface area contributed by atoms with E-state index in [1.807, 2.05) is 30.5 Å². The average molecular weight is 402 g/mol. The molecule has 0 aliphatic carbocycles. The maximum atomic E-state index is 10.8. The summed E-state index contributed by atoms with van der Waals surface area (Å²) in [4.78, 5) is 21.8. The molecule has 0 amide bonds. The van der Waals surface area contributed by atoms with Crippen molar-refractivity contribution in [1.82, 2.24) is 14.9 Å². The van der Waals surface area contributed by atoms with Gasteiger partial charge >= 0.3 is 0 Å². The summed E-state index contributed by atoms with van der Waals surface area (Å²) >= 11 is 0. The van der Waals surface area contributed by atoms with Gasteiger partial charge in [0.25, 0.3) is 5.69 Å². The van der Waals surface area contributed by atoms with E-state index in [1.165, 1.54) is 12.1 Å². The first kappa shape index (κ1) is 18.3. The number of nitro groups is 1. The number of hydrogen-bond acceptors (Lipinski definition) is 7. The van der Waals surface area contributed by atoms with Crippen molar-refractivity contribution in [2.45, 2.75) is 19.5 Å². The Balaban J connectivity index is 1.27. The number of hydrogen-bond donors (Lipinski definition) is 0. The molecule has 5 rings (SSSR count). The highest BCUT2D eigenvalue weighted by atomic mass is 16.6. The molecular weight excluding hydrogens is 384 g/mol. The van der Waals surface area contributed by atoms with Crippen LogP contribution in [0.1, 0.15) is 17.0 Å². The molecule has 0 atom stereocenters. The first-order valence-electron chi connectivity index (χ1n) is 9.60. The summed E-state index contributed by atoms with van der Waals surface area (Å²) < 4.78 is 11.4. The molecule has 1 aliphatic heterocycles. The highest BCUT2D eigenvalue weighted by Gasteiger charge is 2.20. The molecule has 0 saturated heterocycles. The van der Waals surface area contributed by atoms with Gasteiger partial charge in [0, 0.05) is 49.0 Å². The van der Waals surface area contributed by atoms with Crippen LogP contribution in [0.5, 0.6) is 0 Å². The van der Waals surface area contributed by atoms with Gasteiger partial charge < -0.3 is 8.83 Å². The Bertz CT molecular complexity index is 1180. The molecule has 0 bridgehead atoms. The van der Waals surface area contributed by atoms with Crippen LogP contribution in [0.25, 0.3) is 22.9 Å². The summed E-state index contributed by atoms with van der Waals surface area (Å²) in [5.74, 6) is 2.84. The lowest BCUT2D eigenvalue weighted by Crippen LogP contribution is -2.30. The second kappa shape index (κ2) is 7.57. The Morgan fingerprint density at radius 3 is 2.73 bits per heavy atom. The highest BCUT2D eigenvalue weighted by molar-refractivity contribution is 5.59. The largest absolute Gasteiger partial charge is 0.461 e. The van der Waals surface area contributed by atoms with Gasteiger partial charge in [0.1, 0.15) is 11.5 Å². The fraction of sp³-hybridized carbons (Fsp3) is 0.182. The number of aromatic nitrogens is 2. The molecule has 4 heterocycles. The number of furan rings is 2. The van der Waals surface area contributed by atoms with Gasteiger partial charge in [0.2, 0.25) is 0 Å². The molecule has 8 heteroatoms. The first-order valence-corrected chi connectivity index (χ1v) is 9.60. The number of nitrogens with zero attached hydrogens (tertiary/aromatic N) is 4. The third-order valence-electron chi connectivity index (χ3n) is 5.16. The Hall–Kier alpha value is -3.78. The van der Waals surface area contributed by atoms with E-state index in [2.05, 4.69) is 14.9 Å². The minimum absolute atomic E-state index is 0.0648. The minimum atomic E-state index is -0.410. The molecule has 0 saturated carbocycles. The van der Waals surface area contributed by atoms with Gasteiger partial charge in [-0.25, -0.2) is 9.97 Å². The van der Waals surface area contributed by atoms with Gasteiger partial charge in [0.05, 0.1) is 23.4 Å². The number of non-ortho nitro benzene ring substituents is 1. The summed E-state index contributed by atoms with van der Waals surface area (Å²) in [6.45, 7) is 2.29. The van der Waals surface area contributed by atoms with E-state index in [0.29, 0.717) is 23.9 Å². The van der Waals surface area contributed by atoms with Crippen LogP contribution < -0.4 is 0 Å². The predicted molar refractivity (Wildman–Crippen MR) is 108 cm³/mol. The Labute approximate surface area is 171 Å². The van der Waals surface area contributed by atoms with E-state index in [9.17, 15) is 10.1 Å². The Morgan fingerprint density at radius 1 is 1.10 bits per heavy atom. The average Bonchev–Trinajstić information content (AvgIpc) is 3.46. The molecule has 0 radical (unpaired) electrons. The van der Waals surface area contributed by atoms with Crippen molar-refractivity contribution >= 4 is 5.69 Å². The minimum Gasteiger partial charge on any atom is -0.461 e. The first-order chi connectivity index (χ1) is 14.7. The van der Waals surface area contributed by atoms with Crippen molar-refractivity contribution in [3.63, 3.8) is 0 Å². The summed E-state index contributed by atoms with van der Waals surface area (Å²) in [6.07, 6.45) is 4.33. The third kappa shape index (κ3) is 3.60. The second-order valence-corrected chi connectivity index (χ2v) is 7.17. The zero-order valence-electron chi connectivity index (χ0n) is 16.0. The van der Waals surface area contributed by atoms with E-state index in [0.717, 1.165) is 42.1 Å². The lowest BCUT2D eigenvalue weighted by atomic mass is 10.1. The van der Waals surface area contributed by atoms with Gasteiger partial charge in [-0.1, -0.05) is 0 Å². The van der Waals surface area contributed by atoms with E-state index in [4.69, 9.17) is 8.83 Å². The number of benzene rings is 1. The highest BCUT2D eigenvalue weighted by Crippen LogP contribution is 2.27.